The molecule has 4 rings (SSSR count). The molecule has 1 aromatic carbocycles. The van der Waals surface area contributed by atoms with Crippen molar-refractivity contribution in [1.82, 2.24) is 9.97 Å². The number of benzene rings is 1. The number of anilines is 1. The third-order valence-corrected chi connectivity index (χ3v) is 6.91. The van der Waals surface area contributed by atoms with Crippen LogP contribution in [0.25, 0.3) is 11.1 Å². The van der Waals surface area contributed by atoms with Gasteiger partial charge in [0.15, 0.2) is 0 Å². The topological polar surface area (TPSA) is 75.6 Å². The van der Waals surface area contributed by atoms with Crippen molar-refractivity contribution in [1.29, 1.82) is 0 Å². The Labute approximate surface area is 208 Å². The highest BCUT2D eigenvalue weighted by Crippen LogP contribution is 2.41. The third kappa shape index (κ3) is 5.99. The molecule has 1 aliphatic rings. The molecule has 0 radical (unpaired) electrons. The van der Waals surface area contributed by atoms with E-state index in [1.165, 1.54) is 0 Å². The summed E-state index contributed by atoms with van der Waals surface area (Å²) in [5.41, 5.74) is 6.90. The Morgan fingerprint density at radius 3 is 2.40 bits per heavy atom. The summed E-state index contributed by atoms with van der Waals surface area (Å²) in [6, 6.07) is 14.0. The lowest BCUT2D eigenvalue weighted by atomic mass is 9.82. The molecule has 2 aromatic heterocycles. The highest BCUT2D eigenvalue weighted by molar-refractivity contribution is 5.86. The fraction of sp³-hybridized carbons (Fsp3) is 0.414. The van der Waals surface area contributed by atoms with Crippen LogP contribution >= 0.6 is 0 Å². The third-order valence-electron chi connectivity index (χ3n) is 6.91. The molecule has 0 saturated carbocycles. The molecule has 6 heteroatoms. The Morgan fingerprint density at radius 2 is 1.77 bits per heavy atom. The summed E-state index contributed by atoms with van der Waals surface area (Å²) in [5.74, 6) is -0.0330. The predicted molar refractivity (Wildman–Crippen MR) is 139 cm³/mol. The molecular weight excluding hydrogens is 438 g/mol. The van der Waals surface area contributed by atoms with Gasteiger partial charge in [0.1, 0.15) is 5.75 Å². The van der Waals surface area contributed by atoms with E-state index >= 15 is 0 Å². The zero-order chi connectivity index (χ0) is 25.0. The van der Waals surface area contributed by atoms with Crippen LogP contribution in [0.1, 0.15) is 49.3 Å². The minimum Gasteiger partial charge on any atom is -0.493 e. The molecule has 6 nitrogen and oxygen atoms in total. The summed E-state index contributed by atoms with van der Waals surface area (Å²) >= 11 is 0. The SMILES string of the molecule is Cc1nc(C)c(-c2ccc(OCCc3ccccn3)cc2)c(N2CCC(C)(C)CC2)c1CC(=O)O. The van der Waals surface area contributed by atoms with Gasteiger partial charge in [-0.3, -0.25) is 14.8 Å². The summed E-state index contributed by atoms with van der Waals surface area (Å²) in [6.45, 7) is 10.9. The number of aliphatic carboxylic acids is 1. The van der Waals surface area contributed by atoms with E-state index in [4.69, 9.17) is 9.72 Å². The van der Waals surface area contributed by atoms with E-state index in [-0.39, 0.29) is 6.42 Å². The number of piperidine rings is 1. The van der Waals surface area contributed by atoms with Gasteiger partial charge in [-0.1, -0.05) is 32.0 Å². The maximum absolute atomic E-state index is 11.8. The highest BCUT2D eigenvalue weighted by atomic mass is 16.5. The summed E-state index contributed by atoms with van der Waals surface area (Å²) in [4.78, 5) is 23.2. The lowest BCUT2D eigenvalue weighted by Crippen LogP contribution is -2.38. The minimum atomic E-state index is -0.833. The van der Waals surface area contributed by atoms with Crippen molar-refractivity contribution >= 4 is 11.7 Å². The van der Waals surface area contributed by atoms with Crippen LogP contribution in [0.3, 0.4) is 0 Å². The van der Waals surface area contributed by atoms with Gasteiger partial charge in [0.2, 0.25) is 0 Å². The monoisotopic (exact) mass is 473 g/mol. The Balaban J connectivity index is 1.63. The van der Waals surface area contributed by atoms with Crippen LogP contribution in [0.4, 0.5) is 5.69 Å². The molecule has 1 fully saturated rings. The number of rotatable bonds is 8. The Morgan fingerprint density at radius 1 is 1.06 bits per heavy atom. The molecule has 0 atom stereocenters. The summed E-state index contributed by atoms with van der Waals surface area (Å²) < 4.78 is 5.95. The maximum atomic E-state index is 11.8. The molecule has 1 N–H and O–H groups in total. The molecule has 184 valence electrons. The van der Waals surface area contributed by atoms with Crippen molar-refractivity contribution < 1.29 is 14.6 Å². The van der Waals surface area contributed by atoms with Crippen molar-refractivity contribution in [2.45, 2.75) is 53.4 Å². The molecule has 1 saturated heterocycles. The minimum absolute atomic E-state index is 0.0317. The standard InChI is InChI=1S/C29H35N3O3/c1-20-25(19-26(33)34)28(32-16-13-29(3,4)14-17-32)27(21(2)31-20)22-8-10-24(11-9-22)35-18-12-23-7-5-6-15-30-23/h5-11,15H,12-14,16-19H2,1-4H3,(H,33,34). The van der Waals surface area contributed by atoms with Crippen molar-refractivity contribution in [2.75, 3.05) is 24.6 Å². The molecule has 0 amide bonds. The largest absolute Gasteiger partial charge is 0.493 e. The van der Waals surface area contributed by atoms with Gasteiger partial charge in [0.25, 0.3) is 0 Å². The second-order valence-corrected chi connectivity index (χ2v) is 10.2. The number of nitrogens with zero attached hydrogens (tertiary/aromatic N) is 3. The number of aromatic nitrogens is 2. The first-order chi connectivity index (χ1) is 16.7. The Bertz CT molecular complexity index is 1160. The smallest absolute Gasteiger partial charge is 0.307 e. The number of hydrogen-bond acceptors (Lipinski definition) is 5. The first-order valence-electron chi connectivity index (χ1n) is 12.3. The van der Waals surface area contributed by atoms with E-state index in [1.54, 1.807) is 6.20 Å². The van der Waals surface area contributed by atoms with E-state index in [1.807, 2.05) is 44.2 Å². The van der Waals surface area contributed by atoms with Gasteiger partial charge in [0.05, 0.1) is 18.7 Å². The molecule has 3 heterocycles. The van der Waals surface area contributed by atoms with Crippen molar-refractivity contribution in [2.24, 2.45) is 5.41 Å². The number of hydrogen-bond donors (Lipinski definition) is 1. The molecular formula is C29H35N3O3. The van der Waals surface area contributed by atoms with Crippen LogP contribution in [0, 0.1) is 19.3 Å². The quantitative estimate of drug-likeness (QED) is 0.457. The number of ether oxygens (including phenoxy) is 1. The summed E-state index contributed by atoms with van der Waals surface area (Å²) in [5, 5.41) is 9.66. The zero-order valence-corrected chi connectivity index (χ0v) is 21.2. The molecule has 35 heavy (non-hydrogen) atoms. The lowest BCUT2D eigenvalue weighted by Gasteiger charge is -2.40. The van der Waals surface area contributed by atoms with E-state index < -0.39 is 5.97 Å². The van der Waals surface area contributed by atoms with Gasteiger partial charge in [-0.05, 0) is 61.9 Å². The predicted octanol–water partition coefficient (Wildman–Crippen LogP) is 5.64. The molecule has 3 aromatic rings. The molecule has 0 bridgehead atoms. The first kappa shape index (κ1) is 24.7. The normalized spacial score (nSPS) is 15.1. The number of carboxylic acid groups (broad SMARTS) is 1. The van der Waals surface area contributed by atoms with Gasteiger partial charge < -0.3 is 14.7 Å². The van der Waals surface area contributed by atoms with Gasteiger partial charge in [-0.2, -0.15) is 0 Å². The number of carboxylic acids is 1. The highest BCUT2D eigenvalue weighted by Gasteiger charge is 2.30. The van der Waals surface area contributed by atoms with Crippen LogP contribution in [0.15, 0.2) is 48.7 Å². The van der Waals surface area contributed by atoms with Crippen molar-refractivity contribution in [3.63, 3.8) is 0 Å². The second kappa shape index (κ2) is 10.5. The lowest BCUT2D eigenvalue weighted by molar-refractivity contribution is -0.136. The molecule has 1 aliphatic heterocycles. The maximum Gasteiger partial charge on any atom is 0.307 e. The van der Waals surface area contributed by atoms with Crippen LogP contribution in [-0.2, 0) is 17.6 Å². The number of aryl methyl sites for hydroxylation is 2. The molecule has 0 aliphatic carbocycles. The average molecular weight is 474 g/mol. The van der Waals surface area contributed by atoms with Gasteiger partial charge in [-0.15, -0.1) is 0 Å². The summed E-state index contributed by atoms with van der Waals surface area (Å²) in [6.07, 6.45) is 4.65. The second-order valence-electron chi connectivity index (χ2n) is 10.2. The van der Waals surface area contributed by atoms with Crippen LogP contribution in [0.2, 0.25) is 0 Å². The van der Waals surface area contributed by atoms with E-state index in [0.717, 1.165) is 77.6 Å². The van der Waals surface area contributed by atoms with Gasteiger partial charge in [-0.25, -0.2) is 0 Å². The average Bonchev–Trinajstić information content (AvgIpc) is 2.82. The Hall–Kier alpha value is -3.41. The van der Waals surface area contributed by atoms with Crippen LogP contribution in [0.5, 0.6) is 5.75 Å². The van der Waals surface area contributed by atoms with Crippen LogP contribution < -0.4 is 9.64 Å². The summed E-state index contributed by atoms with van der Waals surface area (Å²) in [7, 11) is 0. The van der Waals surface area contributed by atoms with E-state index in [9.17, 15) is 9.90 Å². The van der Waals surface area contributed by atoms with E-state index in [0.29, 0.717) is 12.0 Å². The van der Waals surface area contributed by atoms with Gasteiger partial charge >= 0.3 is 5.97 Å². The molecule has 0 unspecified atom stereocenters. The molecule has 0 spiro atoms. The number of pyridine rings is 2. The van der Waals surface area contributed by atoms with E-state index in [2.05, 4.69) is 35.9 Å². The fourth-order valence-corrected chi connectivity index (χ4v) is 4.80. The zero-order valence-electron chi connectivity index (χ0n) is 21.2. The van der Waals surface area contributed by atoms with Gasteiger partial charge in [0, 0.05) is 53.9 Å². The van der Waals surface area contributed by atoms with Crippen molar-refractivity contribution in [3.8, 4) is 16.9 Å². The number of carbonyl (C=O) groups is 1. The first-order valence-corrected chi connectivity index (χ1v) is 12.3. The van der Waals surface area contributed by atoms with Crippen molar-refractivity contribution in [3.05, 3.63) is 71.3 Å². The Kier molecular flexibility index (Phi) is 7.39. The fourth-order valence-electron chi connectivity index (χ4n) is 4.80. The van der Waals surface area contributed by atoms with Crippen LogP contribution in [-0.4, -0.2) is 40.7 Å².